The molecule has 102 valence electrons. The standard InChI is InChI=1S/C12H17N5O2/c13-11-10-12(15-5-14-11)17(6-16-10)9(19)2-1-7-3-8(18)4-7/h5-9,18-19H,1-4H2,(H2,13,14,15). The largest absolute Gasteiger partial charge is 0.393 e. The summed E-state index contributed by atoms with van der Waals surface area (Å²) < 4.78 is 1.61. The lowest BCUT2D eigenvalue weighted by Crippen LogP contribution is -2.28. The molecule has 1 aliphatic rings. The lowest BCUT2D eigenvalue weighted by molar-refractivity contribution is 0.0223. The van der Waals surface area contributed by atoms with Crippen LogP contribution in [0.3, 0.4) is 0 Å². The number of rotatable bonds is 4. The fraction of sp³-hybridized carbons (Fsp3) is 0.583. The number of aliphatic hydroxyl groups excluding tert-OH is 2. The number of nitrogens with two attached hydrogens (primary N) is 1. The van der Waals surface area contributed by atoms with E-state index < -0.39 is 6.23 Å². The van der Waals surface area contributed by atoms with Crippen LogP contribution < -0.4 is 5.73 Å². The number of aromatic nitrogens is 4. The second kappa shape index (κ2) is 4.75. The molecule has 2 aromatic heterocycles. The third-order valence-corrected chi connectivity index (χ3v) is 3.75. The van der Waals surface area contributed by atoms with Gasteiger partial charge in [-0.2, -0.15) is 0 Å². The minimum absolute atomic E-state index is 0.149. The van der Waals surface area contributed by atoms with Gasteiger partial charge in [0.2, 0.25) is 0 Å². The van der Waals surface area contributed by atoms with Crippen molar-refractivity contribution in [2.24, 2.45) is 5.92 Å². The summed E-state index contributed by atoms with van der Waals surface area (Å²) in [6, 6.07) is 0. The molecule has 1 fully saturated rings. The van der Waals surface area contributed by atoms with Crippen LogP contribution in [-0.4, -0.2) is 35.8 Å². The Balaban J connectivity index is 1.71. The van der Waals surface area contributed by atoms with Crippen molar-refractivity contribution in [3.63, 3.8) is 0 Å². The number of fused-ring (bicyclic) bond motifs is 1. The molecular formula is C12H17N5O2. The van der Waals surface area contributed by atoms with E-state index in [1.807, 2.05) is 0 Å². The van der Waals surface area contributed by atoms with Crippen LogP contribution >= 0.6 is 0 Å². The minimum atomic E-state index is -0.669. The molecule has 0 saturated heterocycles. The maximum absolute atomic E-state index is 10.2. The molecule has 0 amide bonds. The third-order valence-electron chi connectivity index (χ3n) is 3.75. The summed E-state index contributed by atoms with van der Waals surface area (Å²) in [5.74, 6) is 0.831. The third kappa shape index (κ3) is 2.26. The molecule has 2 heterocycles. The topological polar surface area (TPSA) is 110 Å². The number of anilines is 1. The molecule has 0 radical (unpaired) electrons. The van der Waals surface area contributed by atoms with Crippen LogP contribution in [0.1, 0.15) is 31.9 Å². The molecule has 1 aliphatic carbocycles. The molecule has 2 aromatic rings. The number of aliphatic hydroxyl groups is 2. The van der Waals surface area contributed by atoms with E-state index in [2.05, 4.69) is 15.0 Å². The summed E-state index contributed by atoms with van der Waals surface area (Å²) in [7, 11) is 0. The first-order valence-corrected chi connectivity index (χ1v) is 6.44. The number of hydrogen-bond donors (Lipinski definition) is 3. The number of nitrogen functional groups attached to an aromatic ring is 1. The maximum atomic E-state index is 10.2. The van der Waals surface area contributed by atoms with E-state index in [4.69, 9.17) is 5.73 Å². The first-order valence-electron chi connectivity index (χ1n) is 6.44. The molecule has 0 aliphatic heterocycles. The lowest BCUT2D eigenvalue weighted by Gasteiger charge is -2.31. The van der Waals surface area contributed by atoms with Gasteiger partial charge in [-0.25, -0.2) is 15.0 Å². The van der Waals surface area contributed by atoms with Crippen molar-refractivity contribution in [1.29, 1.82) is 0 Å². The summed E-state index contributed by atoms with van der Waals surface area (Å²) in [5, 5.41) is 19.4. The molecule has 1 unspecified atom stereocenters. The van der Waals surface area contributed by atoms with Gasteiger partial charge in [-0.05, 0) is 31.6 Å². The highest BCUT2D eigenvalue weighted by Gasteiger charge is 2.27. The molecule has 0 aromatic carbocycles. The number of imidazole rings is 1. The van der Waals surface area contributed by atoms with E-state index in [-0.39, 0.29) is 6.10 Å². The summed E-state index contributed by atoms with van der Waals surface area (Å²) in [6.07, 6.45) is 5.27. The fourth-order valence-corrected chi connectivity index (χ4v) is 2.55. The average molecular weight is 263 g/mol. The van der Waals surface area contributed by atoms with E-state index in [1.165, 1.54) is 12.7 Å². The van der Waals surface area contributed by atoms with Crippen LogP contribution in [0.2, 0.25) is 0 Å². The van der Waals surface area contributed by atoms with E-state index in [1.54, 1.807) is 4.57 Å². The highest BCUT2D eigenvalue weighted by molar-refractivity contribution is 5.81. The molecule has 1 atom stereocenters. The normalized spacial score (nSPS) is 24.3. The van der Waals surface area contributed by atoms with Crippen LogP contribution in [0.5, 0.6) is 0 Å². The summed E-state index contributed by atoms with van der Waals surface area (Å²) >= 11 is 0. The Morgan fingerprint density at radius 2 is 2.16 bits per heavy atom. The number of hydrogen-bond acceptors (Lipinski definition) is 6. The van der Waals surface area contributed by atoms with Crippen molar-refractivity contribution in [3.8, 4) is 0 Å². The van der Waals surface area contributed by atoms with Gasteiger partial charge in [0.05, 0.1) is 12.4 Å². The van der Waals surface area contributed by atoms with Crippen LogP contribution in [0.25, 0.3) is 11.2 Å². The molecule has 4 N–H and O–H groups in total. The van der Waals surface area contributed by atoms with Crippen molar-refractivity contribution in [2.45, 2.75) is 38.0 Å². The van der Waals surface area contributed by atoms with E-state index >= 15 is 0 Å². The Hall–Kier alpha value is -1.73. The highest BCUT2D eigenvalue weighted by Crippen LogP contribution is 2.33. The quantitative estimate of drug-likeness (QED) is 0.738. The first-order chi connectivity index (χ1) is 9.15. The van der Waals surface area contributed by atoms with Gasteiger partial charge in [0.15, 0.2) is 11.5 Å². The lowest BCUT2D eigenvalue weighted by atomic mass is 9.79. The highest BCUT2D eigenvalue weighted by atomic mass is 16.3. The molecule has 3 rings (SSSR count). The van der Waals surface area contributed by atoms with Crippen molar-refractivity contribution < 1.29 is 10.2 Å². The fourth-order valence-electron chi connectivity index (χ4n) is 2.55. The van der Waals surface area contributed by atoms with Crippen LogP contribution in [0, 0.1) is 5.92 Å². The van der Waals surface area contributed by atoms with Gasteiger partial charge in [0.1, 0.15) is 18.1 Å². The van der Waals surface area contributed by atoms with Gasteiger partial charge in [0.25, 0.3) is 0 Å². The first kappa shape index (κ1) is 12.3. The smallest absolute Gasteiger partial charge is 0.167 e. The van der Waals surface area contributed by atoms with Gasteiger partial charge >= 0.3 is 0 Å². The maximum Gasteiger partial charge on any atom is 0.167 e. The zero-order chi connectivity index (χ0) is 13.4. The Morgan fingerprint density at radius 1 is 1.37 bits per heavy atom. The predicted molar refractivity (Wildman–Crippen MR) is 69.0 cm³/mol. The zero-order valence-electron chi connectivity index (χ0n) is 10.5. The van der Waals surface area contributed by atoms with Crippen molar-refractivity contribution in [3.05, 3.63) is 12.7 Å². The Labute approximate surface area is 110 Å². The average Bonchev–Trinajstić information content (AvgIpc) is 2.78. The minimum Gasteiger partial charge on any atom is -0.393 e. The van der Waals surface area contributed by atoms with Crippen molar-refractivity contribution >= 4 is 17.0 Å². The van der Waals surface area contributed by atoms with Crippen LogP contribution in [-0.2, 0) is 0 Å². The Bertz CT molecular complexity index is 579. The van der Waals surface area contributed by atoms with E-state index in [0.29, 0.717) is 29.3 Å². The molecular weight excluding hydrogens is 246 g/mol. The van der Waals surface area contributed by atoms with E-state index in [9.17, 15) is 10.2 Å². The van der Waals surface area contributed by atoms with E-state index in [0.717, 1.165) is 19.3 Å². The predicted octanol–water partition coefficient (Wildman–Crippen LogP) is 0.450. The summed E-state index contributed by atoms with van der Waals surface area (Å²) in [4.78, 5) is 12.1. The second-order valence-corrected chi connectivity index (χ2v) is 5.13. The Morgan fingerprint density at radius 3 is 2.89 bits per heavy atom. The molecule has 19 heavy (non-hydrogen) atoms. The van der Waals surface area contributed by atoms with Gasteiger partial charge in [-0.1, -0.05) is 0 Å². The molecule has 1 saturated carbocycles. The molecule has 7 nitrogen and oxygen atoms in total. The van der Waals surface area contributed by atoms with Gasteiger partial charge < -0.3 is 15.9 Å². The zero-order valence-corrected chi connectivity index (χ0v) is 10.5. The summed E-state index contributed by atoms with van der Waals surface area (Å²) in [6.45, 7) is 0. The SMILES string of the molecule is Nc1ncnc2c1ncn2C(O)CCC1CC(O)C1. The Kier molecular flexibility index (Phi) is 3.08. The van der Waals surface area contributed by atoms with Crippen molar-refractivity contribution in [2.75, 3.05) is 5.73 Å². The summed E-state index contributed by atoms with van der Waals surface area (Å²) in [5.41, 5.74) is 6.77. The van der Waals surface area contributed by atoms with Gasteiger partial charge in [-0.15, -0.1) is 0 Å². The molecule has 0 spiro atoms. The van der Waals surface area contributed by atoms with Crippen LogP contribution in [0.4, 0.5) is 5.82 Å². The monoisotopic (exact) mass is 263 g/mol. The van der Waals surface area contributed by atoms with Gasteiger partial charge in [-0.3, -0.25) is 4.57 Å². The van der Waals surface area contributed by atoms with Crippen LogP contribution in [0.15, 0.2) is 12.7 Å². The van der Waals surface area contributed by atoms with Crippen molar-refractivity contribution in [1.82, 2.24) is 19.5 Å². The molecule has 0 bridgehead atoms. The van der Waals surface area contributed by atoms with Gasteiger partial charge in [0, 0.05) is 0 Å². The second-order valence-electron chi connectivity index (χ2n) is 5.13. The molecule has 7 heteroatoms. The number of nitrogens with zero attached hydrogens (tertiary/aromatic N) is 4.